The van der Waals surface area contributed by atoms with Crippen molar-refractivity contribution in [2.24, 2.45) is 0 Å². The summed E-state index contributed by atoms with van der Waals surface area (Å²) in [6, 6.07) is 6.92. The molecule has 0 fully saturated rings. The zero-order valence-corrected chi connectivity index (χ0v) is 13.8. The molecular weight excluding hydrogens is 272 g/mol. The summed E-state index contributed by atoms with van der Waals surface area (Å²) in [5, 5.41) is 3.38. The Morgan fingerprint density at radius 2 is 1.70 bits per heavy atom. The van der Waals surface area contributed by atoms with Crippen LogP contribution in [0, 0.1) is 0 Å². The largest absolute Gasteiger partial charge is 0.379 e. The van der Waals surface area contributed by atoms with Gasteiger partial charge in [0.05, 0.1) is 5.69 Å². The summed E-state index contributed by atoms with van der Waals surface area (Å²) < 4.78 is 27.4. The molecule has 0 heterocycles. The molecular formula is C15H26N2O2S. The Bertz CT molecular complexity index is 535. The molecule has 0 atom stereocenters. The molecule has 0 aliphatic carbocycles. The molecule has 0 aliphatic heterocycles. The molecule has 114 valence electrons. The van der Waals surface area contributed by atoms with E-state index >= 15 is 0 Å². The van der Waals surface area contributed by atoms with E-state index in [9.17, 15) is 8.42 Å². The SMILES string of the molecule is CCC(C)(CC)Nc1ccccc1S(=O)(=O)NC(C)C. The average molecular weight is 298 g/mol. The van der Waals surface area contributed by atoms with E-state index in [2.05, 4.69) is 30.8 Å². The summed E-state index contributed by atoms with van der Waals surface area (Å²) >= 11 is 0. The average Bonchev–Trinajstić information content (AvgIpc) is 2.37. The zero-order chi connectivity index (χ0) is 15.4. The van der Waals surface area contributed by atoms with E-state index in [1.54, 1.807) is 12.1 Å². The molecule has 2 N–H and O–H groups in total. The standard InChI is InChI=1S/C15H26N2O2S/c1-6-15(5,7-2)16-13-10-8-9-11-14(13)20(18,19)17-12(3)4/h8-12,16-17H,6-7H2,1-5H3. The second-order valence-electron chi connectivity index (χ2n) is 5.66. The number of nitrogens with one attached hydrogen (secondary N) is 2. The highest BCUT2D eigenvalue weighted by molar-refractivity contribution is 7.89. The number of sulfonamides is 1. The monoisotopic (exact) mass is 298 g/mol. The number of rotatable bonds is 7. The fourth-order valence-electron chi connectivity index (χ4n) is 1.93. The predicted octanol–water partition coefficient (Wildman–Crippen LogP) is 3.36. The molecule has 0 bridgehead atoms. The lowest BCUT2D eigenvalue weighted by Crippen LogP contribution is -2.35. The van der Waals surface area contributed by atoms with Gasteiger partial charge in [0, 0.05) is 11.6 Å². The van der Waals surface area contributed by atoms with Crippen molar-refractivity contribution in [3.05, 3.63) is 24.3 Å². The first kappa shape index (κ1) is 17.0. The highest BCUT2D eigenvalue weighted by atomic mass is 32.2. The Labute approximate surface area is 123 Å². The zero-order valence-electron chi connectivity index (χ0n) is 13.0. The van der Waals surface area contributed by atoms with E-state index < -0.39 is 10.0 Å². The van der Waals surface area contributed by atoms with Crippen LogP contribution in [0.25, 0.3) is 0 Å². The minimum Gasteiger partial charge on any atom is -0.379 e. The van der Waals surface area contributed by atoms with Crippen molar-refractivity contribution >= 4 is 15.7 Å². The first-order chi connectivity index (χ1) is 9.24. The number of hydrogen-bond acceptors (Lipinski definition) is 3. The fraction of sp³-hybridized carbons (Fsp3) is 0.600. The van der Waals surface area contributed by atoms with Crippen LogP contribution in [0.4, 0.5) is 5.69 Å². The molecule has 4 nitrogen and oxygen atoms in total. The number of para-hydroxylation sites is 1. The molecule has 1 rings (SSSR count). The fourth-order valence-corrected chi connectivity index (χ4v) is 3.34. The van der Waals surface area contributed by atoms with Gasteiger partial charge in [0.15, 0.2) is 0 Å². The van der Waals surface area contributed by atoms with Crippen molar-refractivity contribution in [2.75, 3.05) is 5.32 Å². The van der Waals surface area contributed by atoms with Crippen LogP contribution in [-0.4, -0.2) is 20.0 Å². The Morgan fingerprint density at radius 1 is 1.15 bits per heavy atom. The summed E-state index contributed by atoms with van der Waals surface area (Å²) in [5.41, 5.74) is 0.551. The first-order valence-electron chi connectivity index (χ1n) is 7.13. The van der Waals surface area contributed by atoms with Crippen LogP contribution in [0.5, 0.6) is 0 Å². The summed E-state index contributed by atoms with van der Waals surface area (Å²) in [7, 11) is -3.49. The summed E-state index contributed by atoms with van der Waals surface area (Å²) in [6.45, 7) is 9.93. The molecule has 1 aromatic carbocycles. The Morgan fingerprint density at radius 3 is 2.20 bits per heavy atom. The van der Waals surface area contributed by atoms with Crippen LogP contribution >= 0.6 is 0 Å². The number of anilines is 1. The van der Waals surface area contributed by atoms with E-state index in [0.717, 1.165) is 12.8 Å². The van der Waals surface area contributed by atoms with Gasteiger partial charge in [-0.3, -0.25) is 0 Å². The maximum Gasteiger partial charge on any atom is 0.242 e. The van der Waals surface area contributed by atoms with Gasteiger partial charge < -0.3 is 5.32 Å². The normalized spacial score (nSPS) is 12.7. The molecule has 0 unspecified atom stereocenters. The topological polar surface area (TPSA) is 58.2 Å². The van der Waals surface area contributed by atoms with Crippen LogP contribution in [0.3, 0.4) is 0 Å². The number of hydrogen-bond donors (Lipinski definition) is 2. The van der Waals surface area contributed by atoms with Gasteiger partial charge in [0.1, 0.15) is 4.90 Å². The van der Waals surface area contributed by atoms with E-state index in [4.69, 9.17) is 0 Å². The highest BCUT2D eigenvalue weighted by Gasteiger charge is 2.24. The van der Waals surface area contributed by atoms with Crippen molar-refractivity contribution in [3.63, 3.8) is 0 Å². The van der Waals surface area contributed by atoms with Gasteiger partial charge in [-0.2, -0.15) is 0 Å². The van der Waals surface area contributed by atoms with Crippen LogP contribution in [0.2, 0.25) is 0 Å². The molecule has 0 amide bonds. The lowest BCUT2D eigenvalue weighted by molar-refractivity contribution is 0.477. The number of benzene rings is 1. The van der Waals surface area contributed by atoms with Crippen molar-refractivity contribution in [2.45, 2.75) is 63.9 Å². The van der Waals surface area contributed by atoms with Crippen LogP contribution in [0.1, 0.15) is 47.5 Å². The van der Waals surface area contributed by atoms with Crippen molar-refractivity contribution in [1.29, 1.82) is 0 Å². The molecule has 0 saturated carbocycles. The molecule has 0 radical (unpaired) electrons. The van der Waals surface area contributed by atoms with Gasteiger partial charge in [0.25, 0.3) is 0 Å². The quantitative estimate of drug-likeness (QED) is 0.811. The molecule has 20 heavy (non-hydrogen) atoms. The molecule has 1 aromatic rings. The molecule has 0 spiro atoms. The van der Waals surface area contributed by atoms with E-state index in [1.807, 2.05) is 26.0 Å². The van der Waals surface area contributed by atoms with Crippen LogP contribution in [0.15, 0.2) is 29.2 Å². The third kappa shape index (κ3) is 4.21. The lowest BCUT2D eigenvalue weighted by Gasteiger charge is -2.30. The van der Waals surface area contributed by atoms with Gasteiger partial charge in [-0.05, 0) is 45.7 Å². The summed E-state index contributed by atoms with van der Waals surface area (Å²) in [4.78, 5) is 0.307. The van der Waals surface area contributed by atoms with E-state index in [0.29, 0.717) is 10.6 Å². The highest BCUT2D eigenvalue weighted by Crippen LogP contribution is 2.27. The molecule has 0 aliphatic rings. The minimum absolute atomic E-state index is 0.108. The molecule has 0 aromatic heterocycles. The maximum absolute atomic E-state index is 12.4. The van der Waals surface area contributed by atoms with E-state index in [1.165, 1.54) is 0 Å². The Balaban J connectivity index is 3.18. The van der Waals surface area contributed by atoms with E-state index in [-0.39, 0.29) is 11.6 Å². The van der Waals surface area contributed by atoms with Gasteiger partial charge in [-0.25, -0.2) is 13.1 Å². The summed E-state index contributed by atoms with van der Waals surface area (Å²) in [6.07, 6.45) is 1.85. The van der Waals surface area contributed by atoms with Gasteiger partial charge >= 0.3 is 0 Å². The first-order valence-corrected chi connectivity index (χ1v) is 8.62. The Kier molecular flexibility index (Phi) is 5.59. The van der Waals surface area contributed by atoms with Crippen molar-refractivity contribution in [1.82, 2.24) is 4.72 Å². The third-order valence-corrected chi connectivity index (χ3v) is 5.28. The van der Waals surface area contributed by atoms with Gasteiger partial charge in [0.2, 0.25) is 10.0 Å². The third-order valence-electron chi connectivity index (χ3n) is 3.56. The second kappa shape index (κ2) is 6.59. The summed E-state index contributed by atoms with van der Waals surface area (Å²) in [5.74, 6) is 0. The maximum atomic E-state index is 12.4. The van der Waals surface area contributed by atoms with Crippen molar-refractivity contribution in [3.8, 4) is 0 Å². The molecule has 0 saturated heterocycles. The second-order valence-corrected chi connectivity index (χ2v) is 7.35. The van der Waals surface area contributed by atoms with Crippen molar-refractivity contribution < 1.29 is 8.42 Å². The Hall–Kier alpha value is -1.07. The van der Waals surface area contributed by atoms with Crippen LogP contribution < -0.4 is 10.0 Å². The molecule has 5 heteroatoms. The minimum atomic E-state index is -3.49. The smallest absolute Gasteiger partial charge is 0.242 e. The van der Waals surface area contributed by atoms with Crippen LogP contribution in [-0.2, 0) is 10.0 Å². The lowest BCUT2D eigenvalue weighted by atomic mass is 9.95. The predicted molar refractivity (Wildman–Crippen MR) is 84.5 cm³/mol. The van der Waals surface area contributed by atoms with Gasteiger partial charge in [-0.15, -0.1) is 0 Å². The van der Waals surface area contributed by atoms with Gasteiger partial charge in [-0.1, -0.05) is 26.0 Å².